The SMILES string of the molecule is Cc1ccc(OCNc2c[c-]c(NC(=O)c3ccccc3F)cc2O)cc1.[Y]. The molecule has 0 saturated carbocycles. The number of aryl methyl sites for hydroxylation is 1. The summed E-state index contributed by atoms with van der Waals surface area (Å²) in [4.78, 5) is 12.1. The van der Waals surface area contributed by atoms with Crippen LogP contribution in [0, 0.1) is 18.8 Å². The predicted molar refractivity (Wildman–Crippen MR) is 102 cm³/mol. The number of benzene rings is 3. The first kappa shape index (κ1) is 21.9. The zero-order valence-corrected chi connectivity index (χ0v) is 18.0. The standard InChI is InChI=1S/C21H18FN2O3.Y/c1-14-6-9-16(10-7-14)27-13-23-19-11-8-15(12-20(19)25)24-21(26)17-4-2-3-5-18(17)22;/h2-7,9-12,23,25H,13H2,1H3,(H,24,26);/q-1;. The van der Waals surface area contributed by atoms with E-state index in [4.69, 9.17) is 4.74 Å². The van der Waals surface area contributed by atoms with Gasteiger partial charge in [-0.15, -0.1) is 12.1 Å². The minimum Gasteiger partial charge on any atom is -0.531 e. The third kappa shape index (κ3) is 5.78. The maximum Gasteiger partial charge on any atom is 0.256 e. The van der Waals surface area contributed by atoms with Crippen LogP contribution in [0.2, 0.25) is 0 Å². The fourth-order valence-electron chi connectivity index (χ4n) is 2.36. The van der Waals surface area contributed by atoms with Crippen molar-refractivity contribution in [2.24, 2.45) is 0 Å². The number of ether oxygens (including phenoxy) is 1. The van der Waals surface area contributed by atoms with Gasteiger partial charge in [0, 0.05) is 38.5 Å². The van der Waals surface area contributed by atoms with Crippen LogP contribution < -0.4 is 15.4 Å². The first-order valence-electron chi connectivity index (χ1n) is 8.27. The molecule has 3 N–H and O–H groups in total. The zero-order chi connectivity index (χ0) is 19.2. The molecule has 0 heterocycles. The first-order chi connectivity index (χ1) is 13.0. The van der Waals surface area contributed by atoms with E-state index in [1.54, 1.807) is 6.07 Å². The van der Waals surface area contributed by atoms with Gasteiger partial charge in [-0.1, -0.05) is 35.5 Å². The summed E-state index contributed by atoms with van der Waals surface area (Å²) in [6.45, 7) is 2.13. The van der Waals surface area contributed by atoms with E-state index in [9.17, 15) is 14.3 Å². The van der Waals surface area contributed by atoms with Crippen molar-refractivity contribution in [2.75, 3.05) is 17.4 Å². The molecule has 0 aromatic heterocycles. The summed E-state index contributed by atoms with van der Waals surface area (Å²) in [5.74, 6) is -0.631. The van der Waals surface area contributed by atoms with Crippen molar-refractivity contribution in [1.29, 1.82) is 0 Å². The van der Waals surface area contributed by atoms with E-state index < -0.39 is 11.7 Å². The molecule has 141 valence electrons. The summed E-state index contributed by atoms with van der Waals surface area (Å²) < 4.78 is 19.2. The zero-order valence-electron chi connectivity index (χ0n) is 15.2. The molecule has 0 bridgehead atoms. The van der Waals surface area contributed by atoms with Crippen LogP contribution >= 0.6 is 0 Å². The van der Waals surface area contributed by atoms with Crippen molar-refractivity contribution in [3.8, 4) is 11.5 Å². The number of nitrogens with one attached hydrogen (secondary N) is 2. The van der Waals surface area contributed by atoms with Crippen molar-refractivity contribution in [2.45, 2.75) is 6.92 Å². The van der Waals surface area contributed by atoms with Gasteiger partial charge in [-0.3, -0.25) is 4.79 Å². The maximum atomic E-state index is 13.6. The summed E-state index contributed by atoms with van der Waals surface area (Å²) in [6, 6.07) is 18.9. The van der Waals surface area contributed by atoms with Gasteiger partial charge in [0.15, 0.2) is 0 Å². The number of aromatic hydroxyl groups is 1. The monoisotopic (exact) mass is 454 g/mol. The van der Waals surface area contributed by atoms with Gasteiger partial charge >= 0.3 is 0 Å². The summed E-state index contributed by atoms with van der Waals surface area (Å²) in [5.41, 5.74) is 1.67. The molecule has 3 aromatic carbocycles. The third-order valence-corrected chi connectivity index (χ3v) is 3.82. The number of halogens is 1. The molecule has 7 heteroatoms. The number of anilines is 2. The van der Waals surface area contributed by atoms with Crippen LogP contribution in [0.5, 0.6) is 11.5 Å². The van der Waals surface area contributed by atoms with E-state index in [2.05, 4.69) is 16.7 Å². The Labute approximate surface area is 187 Å². The fourth-order valence-corrected chi connectivity index (χ4v) is 2.36. The summed E-state index contributed by atoms with van der Waals surface area (Å²) in [6.07, 6.45) is 0. The van der Waals surface area contributed by atoms with E-state index in [-0.39, 0.29) is 56.4 Å². The number of carbonyl (C=O) groups excluding carboxylic acids is 1. The molecule has 0 aliphatic heterocycles. The molecule has 3 aromatic rings. The Bertz CT molecular complexity index is 949. The van der Waals surface area contributed by atoms with Crippen molar-refractivity contribution in [1.82, 2.24) is 0 Å². The van der Waals surface area contributed by atoms with E-state index in [1.165, 1.54) is 30.3 Å². The van der Waals surface area contributed by atoms with E-state index >= 15 is 0 Å². The second-order valence-electron chi connectivity index (χ2n) is 5.86. The van der Waals surface area contributed by atoms with Gasteiger partial charge in [-0.25, -0.2) is 4.39 Å². The van der Waals surface area contributed by atoms with Crippen LogP contribution in [0.1, 0.15) is 15.9 Å². The quantitative estimate of drug-likeness (QED) is 0.295. The maximum absolute atomic E-state index is 13.6. The van der Waals surface area contributed by atoms with Crippen LogP contribution in [0.25, 0.3) is 0 Å². The Hall–Kier alpha value is -2.44. The van der Waals surface area contributed by atoms with E-state index in [0.717, 1.165) is 5.56 Å². The molecule has 0 aliphatic carbocycles. The number of rotatable bonds is 6. The average molecular weight is 454 g/mol. The van der Waals surface area contributed by atoms with Gasteiger partial charge < -0.3 is 20.5 Å². The minimum atomic E-state index is -0.620. The van der Waals surface area contributed by atoms with Gasteiger partial charge in [-0.2, -0.15) is 6.07 Å². The molecule has 0 aliphatic rings. The summed E-state index contributed by atoms with van der Waals surface area (Å²) in [7, 11) is 0. The molecular formula is C21H18FN2O3Y-. The number of carbonyl (C=O) groups is 1. The molecule has 0 unspecified atom stereocenters. The number of hydrogen-bond acceptors (Lipinski definition) is 4. The van der Waals surface area contributed by atoms with Gasteiger partial charge in [0.1, 0.15) is 18.3 Å². The van der Waals surface area contributed by atoms with Crippen LogP contribution in [0.4, 0.5) is 15.8 Å². The van der Waals surface area contributed by atoms with Crippen molar-refractivity contribution < 1.29 is 51.7 Å². The number of amides is 1. The Morgan fingerprint density at radius 3 is 2.57 bits per heavy atom. The fraction of sp³-hybridized carbons (Fsp3) is 0.0952. The Morgan fingerprint density at radius 2 is 1.89 bits per heavy atom. The van der Waals surface area contributed by atoms with Crippen LogP contribution in [-0.4, -0.2) is 17.7 Å². The van der Waals surface area contributed by atoms with Crippen molar-refractivity contribution >= 4 is 17.3 Å². The molecule has 3 rings (SSSR count). The smallest absolute Gasteiger partial charge is 0.256 e. The summed E-state index contributed by atoms with van der Waals surface area (Å²) in [5, 5.41) is 15.5. The third-order valence-electron chi connectivity index (χ3n) is 3.82. The molecular weight excluding hydrogens is 436 g/mol. The normalized spacial score (nSPS) is 9.93. The Kier molecular flexibility index (Phi) is 7.96. The second-order valence-corrected chi connectivity index (χ2v) is 5.86. The molecule has 1 radical (unpaired) electrons. The van der Waals surface area contributed by atoms with E-state index in [1.807, 2.05) is 31.2 Å². The van der Waals surface area contributed by atoms with Crippen LogP contribution in [-0.2, 0) is 32.7 Å². The molecule has 0 spiro atoms. The van der Waals surface area contributed by atoms with Gasteiger partial charge in [-0.05, 0) is 36.9 Å². The molecule has 0 saturated heterocycles. The molecule has 28 heavy (non-hydrogen) atoms. The van der Waals surface area contributed by atoms with Gasteiger partial charge in [0.05, 0.1) is 5.56 Å². The summed E-state index contributed by atoms with van der Waals surface area (Å²) >= 11 is 0. The van der Waals surface area contributed by atoms with Crippen LogP contribution in [0.3, 0.4) is 0 Å². The Balaban J connectivity index is 0.00000280. The largest absolute Gasteiger partial charge is 0.531 e. The molecule has 1 amide bonds. The van der Waals surface area contributed by atoms with Crippen molar-refractivity contribution in [3.05, 3.63) is 83.7 Å². The number of phenols is 1. The van der Waals surface area contributed by atoms with Gasteiger partial charge in [0.25, 0.3) is 5.91 Å². The van der Waals surface area contributed by atoms with Crippen LogP contribution in [0.15, 0.2) is 60.7 Å². The topological polar surface area (TPSA) is 70.6 Å². The van der Waals surface area contributed by atoms with Crippen molar-refractivity contribution in [3.63, 3.8) is 0 Å². The predicted octanol–water partition coefficient (Wildman–Crippen LogP) is 4.34. The van der Waals surface area contributed by atoms with E-state index in [0.29, 0.717) is 11.4 Å². The first-order valence-corrected chi connectivity index (χ1v) is 8.27. The number of phenolic OH excluding ortho intramolecular Hbond substituents is 1. The molecule has 5 nitrogen and oxygen atoms in total. The second kappa shape index (κ2) is 10.2. The minimum absolute atomic E-state index is 0. The van der Waals surface area contributed by atoms with Gasteiger partial charge in [0.2, 0.25) is 0 Å². The number of hydrogen-bond donors (Lipinski definition) is 3. The molecule has 0 atom stereocenters. The Morgan fingerprint density at radius 1 is 1.18 bits per heavy atom. The molecule has 0 fully saturated rings. The average Bonchev–Trinajstić information content (AvgIpc) is 2.65.